The predicted molar refractivity (Wildman–Crippen MR) is 103 cm³/mol. The van der Waals surface area contributed by atoms with Crippen LogP contribution in [0.5, 0.6) is 0 Å². The van der Waals surface area contributed by atoms with E-state index in [1.165, 1.54) is 0 Å². The van der Waals surface area contributed by atoms with Gasteiger partial charge in [-0.2, -0.15) is 0 Å². The van der Waals surface area contributed by atoms with E-state index in [0.717, 1.165) is 36.8 Å². The number of aromatic nitrogens is 2. The lowest BCUT2D eigenvalue weighted by molar-refractivity contribution is -0.129. The van der Waals surface area contributed by atoms with Gasteiger partial charge in [-0.15, -0.1) is 0 Å². The van der Waals surface area contributed by atoms with Gasteiger partial charge >= 0.3 is 0 Å². The van der Waals surface area contributed by atoms with Crippen LogP contribution in [0, 0.1) is 0 Å². The van der Waals surface area contributed by atoms with E-state index in [4.69, 9.17) is 0 Å². The molecule has 27 heavy (non-hydrogen) atoms. The van der Waals surface area contributed by atoms with Crippen molar-refractivity contribution in [2.45, 2.75) is 12.8 Å². The number of benzene rings is 1. The summed E-state index contributed by atoms with van der Waals surface area (Å²) in [5.41, 5.74) is 2.54. The lowest BCUT2D eigenvalue weighted by Gasteiger charge is -2.16. The minimum Gasteiger partial charge on any atom is -0.343 e. The van der Waals surface area contributed by atoms with Crippen molar-refractivity contribution in [2.24, 2.45) is 0 Å². The summed E-state index contributed by atoms with van der Waals surface area (Å²) in [5.74, 6) is -0.317. The number of amides is 2. The molecule has 3 heterocycles. The van der Waals surface area contributed by atoms with Crippen molar-refractivity contribution in [3.63, 3.8) is 0 Å². The van der Waals surface area contributed by atoms with E-state index in [1.54, 1.807) is 17.2 Å². The van der Waals surface area contributed by atoms with Crippen molar-refractivity contribution in [1.29, 1.82) is 0 Å². The first kappa shape index (κ1) is 17.1. The Bertz CT molecular complexity index is 982. The van der Waals surface area contributed by atoms with E-state index in [-0.39, 0.29) is 18.4 Å². The monoisotopic (exact) mass is 360 g/mol. The number of carbonyl (C=O) groups is 2. The van der Waals surface area contributed by atoms with Crippen molar-refractivity contribution < 1.29 is 9.59 Å². The van der Waals surface area contributed by atoms with Gasteiger partial charge in [0.25, 0.3) is 5.91 Å². The molecule has 0 aliphatic carbocycles. The third kappa shape index (κ3) is 3.65. The molecule has 6 heteroatoms. The van der Waals surface area contributed by atoms with Crippen LogP contribution in [0.15, 0.2) is 54.7 Å². The number of nitrogens with one attached hydrogen (secondary N) is 1. The lowest BCUT2D eigenvalue weighted by Crippen LogP contribution is -2.38. The number of hydrogen-bond donors (Lipinski definition) is 1. The molecule has 3 aromatic rings. The number of hydrogen-bond acceptors (Lipinski definition) is 4. The molecule has 1 fully saturated rings. The summed E-state index contributed by atoms with van der Waals surface area (Å²) in [6.45, 7) is 1.56. The normalized spacial score (nSPS) is 13.7. The number of carbonyl (C=O) groups excluding carboxylic acids is 2. The highest BCUT2D eigenvalue weighted by molar-refractivity contribution is 6.07. The van der Waals surface area contributed by atoms with Crippen molar-refractivity contribution in [1.82, 2.24) is 20.2 Å². The highest BCUT2D eigenvalue weighted by atomic mass is 16.2. The van der Waals surface area contributed by atoms with Crippen LogP contribution >= 0.6 is 0 Å². The minimum absolute atomic E-state index is 0.00834. The molecule has 136 valence electrons. The smallest absolute Gasteiger partial charge is 0.252 e. The number of nitrogens with zero attached hydrogens (tertiary/aromatic N) is 3. The van der Waals surface area contributed by atoms with Gasteiger partial charge in [0.05, 0.1) is 29.0 Å². The van der Waals surface area contributed by atoms with Gasteiger partial charge in [-0.05, 0) is 37.1 Å². The topological polar surface area (TPSA) is 75.2 Å². The highest BCUT2D eigenvalue weighted by Crippen LogP contribution is 2.23. The fourth-order valence-electron chi connectivity index (χ4n) is 3.34. The molecule has 1 aliphatic heterocycles. The van der Waals surface area contributed by atoms with Crippen LogP contribution in [0.2, 0.25) is 0 Å². The first-order valence-electron chi connectivity index (χ1n) is 9.09. The van der Waals surface area contributed by atoms with Gasteiger partial charge < -0.3 is 10.2 Å². The first-order valence-corrected chi connectivity index (χ1v) is 9.09. The van der Waals surface area contributed by atoms with Crippen molar-refractivity contribution in [2.75, 3.05) is 19.6 Å². The molecule has 1 saturated heterocycles. The molecule has 0 spiro atoms. The second kappa shape index (κ2) is 7.53. The zero-order valence-electron chi connectivity index (χ0n) is 14.9. The van der Waals surface area contributed by atoms with Gasteiger partial charge in [0.2, 0.25) is 5.91 Å². The number of pyridine rings is 2. The standard InChI is InChI=1S/C21H20N4O2/c26-20(25-11-5-6-12-25)14-23-21(27)16-13-19(18-9-3-4-10-22-18)24-17-8-2-1-7-15(16)17/h1-4,7-10,13H,5-6,11-12,14H2,(H,23,27). The molecule has 1 aliphatic rings. The van der Waals surface area contributed by atoms with Gasteiger partial charge in [0.15, 0.2) is 0 Å². The average molecular weight is 360 g/mol. The largest absolute Gasteiger partial charge is 0.343 e. The SMILES string of the molecule is O=C(NCC(=O)N1CCCC1)c1cc(-c2ccccn2)nc2ccccc12. The van der Waals surface area contributed by atoms with Crippen molar-refractivity contribution in [3.05, 3.63) is 60.3 Å². The molecular weight excluding hydrogens is 340 g/mol. The predicted octanol–water partition coefficient (Wildman–Crippen LogP) is 2.65. The van der Waals surface area contributed by atoms with Gasteiger partial charge in [0, 0.05) is 24.7 Å². The average Bonchev–Trinajstić information content (AvgIpc) is 3.26. The van der Waals surface area contributed by atoms with Crippen molar-refractivity contribution >= 4 is 22.7 Å². The number of rotatable bonds is 4. The Morgan fingerprint density at radius 1 is 1.00 bits per heavy atom. The van der Waals surface area contributed by atoms with E-state index < -0.39 is 0 Å². The summed E-state index contributed by atoms with van der Waals surface area (Å²) in [5, 5.41) is 3.52. The molecule has 2 aromatic heterocycles. The highest BCUT2D eigenvalue weighted by Gasteiger charge is 2.20. The molecule has 0 atom stereocenters. The number of fused-ring (bicyclic) bond motifs is 1. The number of para-hydroxylation sites is 1. The second-order valence-electron chi connectivity index (χ2n) is 6.56. The molecule has 0 saturated carbocycles. The fourth-order valence-corrected chi connectivity index (χ4v) is 3.34. The van der Waals surface area contributed by atoms with Gasteiger partial charge in [-0.25, -0.2) is 4.98 Å². The molecule has 6 nitrogen and oxygen atoms in total. The summed E-state index contributed by atoms with van der Waals surface area (Å²) in [6, 6.07) is 14.8. The van der Waals surface area contributed by atoms with Gasteiger partial charge in [0.1, 0.15) is 0 Å². The molecule has 2 amide bonds. The summed E-state index contributed by atoms with van der Waals surface area (Å²) in [7, 11) is 0. The Labute approximate surface area is 157 Å². The van der Waals surface area contributed by atoms with E-state index >= 15 is 0 Å². The summed E-state index contributed by atoms with van der Waals surface area (Å²) in [6.07, 6.45) is 3.75. The van der Waals surface area contributed by atoms with E-state index in [0.29, 0.717) is 17.0 Å². The van der Waals surface area contributed by atoms with Crippen LogP contribution in [0.1, 0.15) is 23.2 Å². The Morgan fingerprint density at radius 3 is 2.56 bits per heavy atom. The van der Waals surface area contributed by atoms with Crippen molar-refractivity contribution in [3.8, 4) is 11.4 Å². The molecule has 1 aromatic carbocycles. The van der Waals surface area contributed by atoms with E-state index in [9.17, 15) is 9.59 Å². The zero-order valence-corrected chi connectivity index (χ0v) is 14.9. The van der Waals surface area contributed by atoms with Gasteiger partial charge in [-0.3, -0.25) is 14.6 Å². The summed E-state index contributed by atoms with van der Waals surface area (Å²) in [4.78, 5) is 35.8. The third-order valence-corrected chi connectivity index (χ3v) is 4.75. The van der Waals surface area contributed by atoms with Crippen LogP contribution in [0.4, 0.5) is 0 Å². The molecule has 4 rings (SSSR count). The van der Waals surface area contributed by atoms with E-state index in [1.807, 2.05) is 42.5 Å². The molecule has 0 bridgehead atoms. The van der Waals surface area contributed by atoms with Crippen LogP contribution in [0.3, 0.4) is 0 Å². The van der Waals surface area contributed by atoms with Crippen LogP contribution < -0.4 is 5.32 Å². The first-order chi connectivity index (χ1) is 13.2. The van der Waals surface area contributed by atoms with E-state index in [2.05, 4.69) is 15.3 Å². The maximum Gasteiger partial charge on any atom is 0.252 e. The molecule has 0 radical (unpaired) electrons. The third-order valence-electron chi connectivity index (χ3n) is 4.75. The number of likely N-dealkylation sites (tertiary alicyclic amines) is 1. The Kier molecular flexibility index (Phi) is 4.78. The Morgan fingerprint density at radius 2 is 1.78 bits per heavy atom. The Hall–Kier alpha value is -3.28. The zero-order chi connectivity index (χ0) is 18.6. The maximum atomic E-state index is 12.8. The minimum atomic E-state index is -0.279. The van der Waals surface area contributed by atoms with Crippen LogP contribution in [0.25, 0.3) is 22.3 Å². The molecule has 1 N–H and O–H groups in total. The summed E-state index contributed by atoms with van der Waals surface area (Å²) < 4.78 is 0. The quantitative estimate of drug-likeness (QED) is 0.776. The fraction of sp³-hybridized carbons (Fsp3) is 0.238. The lowest BCUT2D eigenvalue weighted by atomic mass is 10.1. The molecular formula is C21H20N4O2. The summed E-state index contributed by atoms with van der Waals surface area (Å²) >= 11 is 0. The van der Waals surface area contributed by atoms with Crippen LogP contribution in [-0.4, -0.2) is 46.3 Å². The van der Waals surface area contributed by atoms with Gasteiger partial charge in [-0.1, -0.05) is 24.3 Å². The Balaban J connectivity index is 1.63. The second-order valence-corrected chi connectivity index (χ2v) is 6.56. The molecule has 0 unspecified atom stereocenters. The van der Waals surface area contributed by atoms with Crippen LogP contribution in [-0.2, 0) is 4.79 Å². The maximum absolute atomic E-state index is 12.8.